The van der Waals surface area contributed by atoms with Gasteiger partial charge in [-0.05, 0) is 54.8 Å². The summed E-state index contributed by atoms with van der Waals surface area (Å²) < 4.78 is 5.88. The number of likely N-dealkylation sites (tertiary alicyclic amines) is 1. The molecule has 8 heteroatoms. The number of hydrogen-bond donors (Lipinski definition) is 1. The molecule has 2 amide bonds. The van der Waals surface area contributed by atoms with Crippen molar-refractivity contribution in [3.8, 4) is 11.3 Å². The van der Waals surface area contributed by atoms with Crippen molar-refractivity contribution in [3.63, 3.8) is 0 Å². The van der Waals surface area contributed by atoms with Crippen molar-refractivity contribution in [3.05, 3.63) is 94.5 Å². The van der Waals surface area contributed by atoms with E-state index in [1.165, 1.54) is 12.1 Å². The molecule has 3 aromatic carbocycles. The van der Waals surface area contributed by atoms with Crippen LogP contribution in [0.15, 0.2) is 83.3 Å². The number of anilines is 1. The van der Waals surface area contributed by atoms with Crippen LogP contribution in [0.5, 0.6) is 0 Å². The predicted molar refractivity (Wildman–Crippen MR) is 132 cm³/mol. The average Bonchev–Trinajstić information content (AvgIpc) is 3.52. The molecule has 1 fully saturated rings. The van der Waals surface area contributed by atoms with E-state index in [-0.39, 0.29) is 23.9 Å². The van der Waals surface area contributed by atoms with Crippen molar-refractivity contribution in [2.24, 2.45) is 0 Å². The molecular formula is C27H23N3O5. The van der Waals surface area contributed by atoms with Crippen LogP contribution in [-0.2, 0) is 16.0 Å². The first-order valence-electron chi connectivity index (χ1n) is 11.4. The van der Waals surface area contributed by atoms with E-state index in [1.54, 1.807) is 29.2 Å². The van der Waals surface area contributed by atoms with Gasteiger partial charge in [0.05, 0.1) is 11.3 Å². The van der Waals surface area contributed by atoms with Gasteiger partial charge < -0.3 is 14.6 Å². The van der Waals surface area contributed by atoms with Crippen LogP contribution in [0.4, 0.5) is 11.4 Å². The van der Waals surface area contributed by atoms with Crippen molar-refractivity contribution < 1.29 is 18.9 Å². The maximum atomic E-state index is 13.0. The highest BCUT2D eigenvalue weighted by Crippen LogP contribution is 2.31. The molecule has 35 heavy (non-hydrogen) atoms. The van der Waals surface area contributed by atoms with E-state index in [4.69, 9.17) is 4.42 Å². The summed E-state index contributed by atoms with van der Waals surface area (Å²) in [5.74, 6) is 0.320. The van der Waals surface area contributed by atoms with Gasteiger partial charge in [0.15, 0.2) is 0 Å². The summed E-state index contributed by atoms with van der Waals surface area (Å²) in [5, 5.41) is 14.6. The Hall–Kier alpha value is -4.46. The number of nitrogens with zero attached hydrogens (tertiary/aromatic N) is 2. The maximum Gasteiger partial charge on any atom is 0.269 e. The summed E-state index contributed by atoms with van der Waals surface area (Å²) in [6.45, 7) is 0.573. The Bertz CT molecular complexity index is 1400. The summed E-state index contributed by atoms with van der Waals surface area (Å²) in [6, 6.07) is 22.3. The Morgan fingerprint density at radius 1 is 1.03 bits per heavy atom. The van der Waals surface area contributed by atoms with Gasteiger partial charge >= 0.3 is 0 Å². The molecule has 1 aromatic heterocycles. The molecule has 0 aliphatic carbocycles. The second-order valence-corrected chi connectivity index (χ2v) is 8.56. The third-order valence-corrected chi connectivity index (χ3v) is 6.22. The average molecular weight is 469 g/mol. The van der Waals surface area contributed by atoms with Gasteiger partial charge in [0.1, 0.15) is 17.4 Å². The summed E-state index contributed by atoms with van der Waals surface area (Å²) in [7, 11) is 0. The summed E-state index contributed by atoms with van der Waals surface area (Å²) >= 11 is 0. The molecule has 1 atom stereocenters. The lowest BCUT2D eigenvalue weighted by Crippen LogP contribution is -2.43. The Labute approximate surface area is 201 Å². The molecule has 1 unspecified atom stereocenters. The Balaban J connectivity index is 1.29. The summed E-state index contributed by atoms with van der Waals surface area (Å²) in [5.41, 5.74) is 2.91. The molecule has 0 radical (unpaired) electrons. The number of amides is 2. The van der Waals surface area contributed by atoms with E-state index in [2.05, 4.69) is 5.32 Å². The Kier molecular flexibility index (Phi) is 6.01. The van der Waals surface area contributed by atoms with Crippen LogP contribution in [0.3, 0.4) is 0 Å². The van der Waals surface area contributed by atoms with E-state index in [0.29, 0.717) is 30.0 Å². The minimum atomic E-state index is -0.498. The predicted octanol–water partition coefficient (Wildman–Crippen LogP) is 5.18. The van der Waals surface area contributed by atoms with E-state index in [9.17, 15) is 19.7 Å². The molecule has 5 rings (SSSR count). The number of nitro benzene ring substituents is 1. The minimum Gasteiger partial charge on any atom is -0.456 e. The van der Waals surface area contributed by atoms with Crippen LogP contribution in [0.25, 0.3) is 22.3 Å². The number of carbonyl (C=O) groups excluding carboxylic acids is 2. The third kappa shape index (κ3) is 4.77. The molecule has 176 valence electrons. The summed E-state index contributed by atoms with van der Waals surface area (Å²) in [6.07, 6.45) is 1.69. The number of fused-ring (bicyclic) bond motifs is 1. The minimum absolute atomic E-state index is 0.0121. The van der Waals surface area contributed by atoms with Crippen LogP contribution < -0.4 is 5.32 Å². The fourth-order valence-electron chi connectivity index (χ4n) is 4.45. The van der Waals surface area contributed by atoms with Gasteiger partial charge in [0, 0.05) is 35.3 Å². The van der Waals surface area contributed by atoms with Crippen LogP contribution in [0, 0.1) is 10.1 Å². The zero-order valence-electron chi connectivity index (χ0n) is 18.8. The fraction of sp³-hybridized carbons (Fsp3) is 0.185. The number of non-ortho nitro benzene ring substituents is 1. The van der Waals surface area contributed by atoms with Crippen molar-refractivity contribution in [2.75, 3.05) is 11.9 Å². The number of rotatable bonds is 6. The molecule has 1 N–H and O–H groups in total. The Morgan fingerprint density at radius 2 is 1.80 bits per heavy atom. The molecule has 0 bridgehead atoms. The topological polar surface area (TPSA) is 106 Å². The van der Waals surface area contributed by atoms with Crippen molar-refractivity contribution in [1.29, 1.82) is 0 Å². The number of nitrogens with one attached hydrogen (secondary N) is 1. The highest BCUT2D eigenvalue weighted by Gasteiger charge is 2.34. The molecule has 4 aromatic rings. The zero-order chi connectivity index (χ0) is 24.4. The van der Waals surface area contributed by atoms with E-state index >= 15 is 0 Å². The van der Waals surface area contributed by atoms with Gasteiger partial charge in [-0.15, -0.1) is 0 Å². The van der Waals surface area contributed by atoms with E-state index in [1.807, 2.05) is 42.5 Å². The number of benzene rings is 3. The second kappa shape index (κ2) is 9.42. The highest BCUT2D eigenvalue weighted by molar-refractivity contribution is 5.99. The maximum absolute atomic E-state index is 13.0. The largest absolute Gasteiger partial charge is 0.456 e. The molecule has 2 heterocycles. The molecular weight excluding hydrogens is 446 g/mol. The number of furan rings is 1. The monoisotopic (exact) mass is 469 g/mol. The lowest BCUT2D eigenvalue weighted by molar-refractivity contribution is -0.384. The number of carbonyl (C=O) groups is 2. The van der Waals surface area contributed by atoms with Crippen LogP contribution >= 0.6 is 0 Å². The van der Waals surface area contributed by atoms with Gasteiger partial charge in [0.25, 0.3) is 5.69 Å². The summed E-state index contributed by atoms with van der Waals surface area (Å²) in [4.78, 5) is 38.0. The molecule has 0 spiro atoms. The third-order valence-electron chi connectivity index (χ3n) is 6.22. The molecule has 8 nitrogen and oxygen atoms in total. The standard InChI is InChI=1S/C27H23N3O5/c31-26(15-18-5-2-1-3-6-18)29-14-4-7-23(29)27(32)28-21-10-13-24-20(16-21)17-25(35-24)19-8-11-22(12-9-19)30(33)34/h1-3,5-6,8-13,16-17,23H,4,7,14-15H2,(H,28,32). The Morgan fingerprint density at radius 3 is 2.54 bits per heavy atom. The van der Waals surface area contributed by atoms with Gasteiger partial charge in [-0.25, -0.2) is 0 Å². The first-order chi connectivity index (χ1) is 17.0. The SMILES string of the molecule is O=C(Nc1ccc2oc(-c3ccc([N+](=O)[O-])cc3)cc2c1)C1CCCN1C(=O)Cc1ccccc1. The normalized spacial score (nSPS) is 15.3. The van der Waals surface area contributed by atoms with Crippen molar-refractivity contribution >= 4 is 34.2 Å². The van der Waals surface area contributed by atoms with Gasteiger partial charge in [-0.1, -0.05) is 30.3 Å². The van der Waals surface area contributed by atoms with Gasteiger partial charge in [-0.3, -0.25) is 19.7 Å². The lowest BCUT2D eigenvalue weighted by Gasteiger charge is -2.24. The molecule has 1 saturated heterocycles. The lowest BCUT2D eigenvalue weighted by atomic mass is 10.1. The highest BCUT2D eigenvalue weighted by atomic mass is 16.6. The van der Waals surface area contributed by atoms with Crippen LogP contribution in [0.2, 0.25) is 0 Å². The number of hydrogen-bond acceptors (Lipinski definition) is 5. The molecule has 1 aliphatic heterocycles. The van der Waals surface area contributed by atoms with Gasteiger partial charge in [-0.2, -0.15) is 0 Å². The van der Waals surface area contributed by atoms with Crippen molar-refractivity contribution in [1.82, 2.24) is 4.90 Å². The quantitative estimate of drug-likeness (QED) is 0.309. The second-order valence-electron chi connectivity index (χ2n) is 8.56. The van der Waals surface area contributed by atoms with E-state index in [0.717, 1.165) is 22.9 Å². The number of nitro groups is 1. The first kappa shape index (κ1) is 22.3. The molecule has 0 saturated carbocycles. The van der Waals surface area contributed by atoms with Crippen molar-refractivity contribution in [2.45, 2.75) is 25.3 Å². The zero-order valence-corrected chi connectivity index (χ0v) is 18.8. The van der Waals surface area contributed by atoms with Crippen LogP contribution in [0.1, 0.15) is 18.4 Å². The van der Waals surface area contributed by atoms with E-state index < -0.39 is 11.0 Å². The fourth-order valence-corrected chi connectivity index (χ4v) is 4.45. The van der Waals surface area contributed by atoms with Gasteiger partial charge in [0.2, 0.25) is 11.8 Å². The smallest absolute Gasteiger partial charge is 0.269 e. The van der Waals surface area contributed by atoms with Crippen LogP contribution in [-0.4, -0.2) is 34.2 Å². The molecule has 1 aliphatic rings. The first-order valence-corrected chi connectivity index (χ1v) is 11.4.